The predicted octanol–water partition coefficient (Wildman–Crippen LogP) is 2.91. The van der Waals surface area contributed by atoms with Crippen LogP contribution in [0, 0.1) is 24.0 Å². The fourth-order valence-electron chi connectivity index (χ4n) is 1.66. The van der Waals surface area contributed by atoms with Crippen molar-refractivity contribution in [3.8, 4) is 0 Å². The second-order valence-electron chi connectivity index (χ2n) is 3.63. The maximum absolute atomic E-state index is 10.8. The summed E-state index contributed by atoms with van der Waals surface area (Å²) in [5.41, 5.74) is 2.16. The highest BCUT2D eigenvalue weighted by Crippen LogP contribution is 2.26. The number of benzene rings is 1. The maximum Gasteiger partial charge on any atom is 0.275 e. The zero-order chi connectivity index (χ0) is 12.3. The minimum atomic E-state index is -0.428. The van der Waals surface area contributed by atoms with Crippen LogP contribution >= 0.6 is 11.6 Å². The van der Waals surface area contributed by atoms with Crippen LogP contribution in [-0.2, 0) is 11.2 Å². The van der Waals surface area contributed by atoms with Gasteiger partial charge >= 0.3 is 0 Å². The van der Waals surface area contributed by atoms with Crippen LogP contribution < -0.4 is 0 Å². The molecule has 0 atom stereocenters. The van der Waals surface area contributed by atoms with Crippen molar-refractivity contribution in [2.75, 3.05) is 0 Å². The van der Waals surface area contributed by atoms with E-state index in [1.807, 2.05) is 0 Å². The van der Waals surface area contributed by atoms with Crippen LogP contribution in [-0.4, -0.2) is 10.2 Å². The smallest absolute Gasteiger partial charge is 0.275 e. The summed E-state index contributed by atoms with van der Waals surface area (Å²) in [5.74, 6) is 0. The fraction of sp³-hybridized carbons (Fsp3) is 0.364. The molecular formula is C11H12ClNO3. The molecule has 0 aliphatic carbocycles. The third kappa shape index (κ3) is 2.79. The summed E-state index contributed by atoms with van der Waals surface area (Å²) in [6.07, 6.45) is 0.637. The highest BCUT2D eigenvalue weighted by Gasteiger charge is 2.17. The van der Waals surface area contributed by atoms with Crippen LogP contribution in [0.2, 0.25) is 0 Å². The first-order valence-corrected chi connectivity index (χ1v) is 5.23. The second-order valence-corrected chi connectivity index (χ2v) is 4.05. The number of hydrogen-bond acceptors (Lipinski definition) is 3. The molecule has 16 heavy (non-hydrogen) atoms. The Morgan fingerprint density at radius 3 is 2.56 bits per heavy atom. The van der Waals surface area contributed by atoms with Gasteiger partial charge in [0.2, 0.25) is 5.24 Å². The Hall–Kier alpha value is -1.42. The van der Waals surface area contributed by atoms with Crippen molar-refractivity contribution in [3.63, 3.8) is 0 Å². The quantitative estimate of drug-likeness (QED) is 0.463. The molecule has 86 valence electrons. The Labute approximate surface area is 98.4 Å². The highest BCUT2D eigenvalue weighted by molar-refractivity contribution is 6.63. The first-order chi connectivity index (χ1) is 7.43. The lowest BCUT2D eigenvalue weighted by atomic mass is 9.99. The number of aryl methyl sites for hydroxylation is 2. The molecule has 1 aromatic rings. The fourth-order valence-corrected chi connectivity index (χ4v) is 1.76. The molecule has 0 spiro atoms. The van der Waals surface area contributed by atoms with Gasteiger partial charge in [-0.05, 0) is 37.4 Å². The predicted molar refractivity (Wildman–Crippen MR) is 61.8 cm³/mol. The average Bonchev–Trinajstić information content (AvgIpc) is 2.15. The molecule has 0 fully saturated rings. The Morgan fingerprint density at radius 2 is 2.06 bits per heavy atom. The number of rotatable bonds is 4. The first-order valence-electron chi connectivity index (χ1n) is 4.85. The molecule has 0 radical (unpaired) electrons. The number of nitro groups is 1. The third-order valence-electron chi connectivity index (χ3n) is 2.52. The minimum absolute atomic E-state index is 0.125. The normalized spacial score (nSPS) is 10.2. The largest absolute Gasteiger partial charge is 0.281 e. The van der Waals surface area contributed by atoms with E-state index < -0.39 is 10.2 Å². The topological polar surface area (TPSA) is 60.2 Å². The molecule has 0 amide bonds. The van der Waals surface area contributed by atoms with Crippen LogP contribution in [0.1, 0.15) is 23.1 Å². The van der Waals surface area contributed by atoms with Crippen molar-refractivity contribution in [1.82, 2.24) is 0 Å². The number of carbonyl (C=O) groups is 1. The van der Waals surface area contributed by atoms with Crippen LogP contribution in [0.25, 0.3) is 0 Å². The molecule has 0 aromatic heterocycles. The average molecular weight is 242 g/mol. The third-order valence-corrected chi connectivity index (χ3v) is 2.71. The second kappa shape index (κ2) is 5.07. The molecule has 0 bridgehead atoms. The summed E-state index contributed by atoms with van der Waals surface area (Å²) >= 11 is 5.24. The molecule has 1 aromatic carbocycles. The summed E-state index contributed by atoms with van der Waals surface area (Å²) in [6.45, 7) is 3.39. The minimum Gasteiger partial charge on any atom is -0.281 e. The van der Waals surface area contributed by atoms with Gasteiger partial charge in [0.05, 0.1) is 4.92 Å². The zero-order valence-corrected chi connectivity index (χ0v) is 9.87. The monoisotopic (exact) mass is 241 g/mol. The van der Waals surface area contributed by atoms with Gasteiger partial charge in [0.25, 0.3) is 5.69 Å². The lowest BCUT2D eigenvalue weighted by molar-refractivity contribution is -0.386. The van der Waals surface area contributed by atoms with Gasteiger partial charge in [-0.2, -0.15) is 0 Å². The zero-order valence-electron chi connectivity index (χ0n) is 9.12. The van der Waals surface area contributed by atoms with Gasteiger partial charge in [-0.15, -0.1) is 0 Å². The van der Waals surface area contributed by atoms with Gasteiger partial charge in [-0.25, -0.2) is 0 Å². The van der Waals surface area contributed by atoms with E-state index in [0.717, 1.165) is 5.56 Å². The molecule has 0 saturated carbocycles. The number of carbonyl (C=O) groups excluding carboxylic acids is 1. The van der Waals surface area contributed by atoms with Crippen molar-refractivity contribution < 1.29 is 9.72 Å². The SMILES string of the molecule is Cc1ccc(CCC(=O)Cl)c(C)c1[N+](=O)[O-]. The standard InChI is InChI=1S/C11H12ClNO3/c1-7-3-4-9(5-6-10(12)14)8(2)11(7)13(15)16/h3-4H,5-6H2,1-2H3. The molecule has 0 unspecified atom stereocenters. The van der Waals surface area contributed by atoms with Crippen molar-refractivity contribution in [1.29, 1.82) is 0 Å². The molecule has 0 N–H and O–H groups in total. The van der Waals surface area contributed by atoms with E-state index in [0.29, 0.717) is 17.5 Å². The molecule has 0 heterocycles. The summed E-state index contributed by atoms with van der Waals surface area (Å²) < 4.78 is 0. The summed E-state index contributed by atoms with van der Waals surface area (Å²) in [4.78, 5) is 21.1. The van der Waals surface area contributed by atoms with Gasteiger partial charge in [0, 0.05) is 17.5 Å². The Bertz CT molecular complexity index is 443. The summed E-state index contributed by atoms with van der Waals surface area (Å²) in [5, 5.41) is 10.4. The van der Waals surface area contributed by atoms with Crippen molar-refractivity contribution in [3.05, 3.63) is 38.9 Å². The molecule has 0 saturated heterocycles. The molecule has 1 rings (SSSR count). The molecule has 4 nitrogen and oxygen atoms in total. The maximum atomic E-state index is 10.8. The number of halogens is 1. The first kappa shape index (κ1) is 12.6. The van der Waals surface area contributed by atoms with Gasteiger partial charge < -0.3 is 0 Å². The lowest BCUT2D eigenvalue weighted by Crippen LogP contribution is -2.00. The Morgan fingerprint density at radius 1 is 1.44 bits per heavy atom. The Kier molecular flexibility index (Phi) is 4.01. The van der Waals surface area contributed by atoms with E-state index >= 15 is 0 Å². The van der Waals surface area contributed by atoms with E-state index in [2.05, 4.69) is 0 Å². The lowest BCUT2D eigenvalue weighted by Gasteiger charge is -2.07. The van der Waals surface area contributed by atoms with Crippen LogP contribution in [0.4, 0.5) is 5.69 Å². The van der Waals surface area contributed by atoms with E-state index in [1.165, 1.54) is 0 Å². The van der Waals surface area contributed by atoms with Gasteiger partial charge in [-0.3, -0.25) is 14.9 Å². The van der Waals surface area contributed by atoms with E-state index in [1.54, 1.807) is 26.0 Å². The van der Waals surface area contributed by atoms with Crippen molar-refractivity contribution >= 4 is 22.5 Å². The van der Waals surface area contributed by atoms with E-state index in [4.69, 9.17) is 11.6 Å². The summed E-state index contributed by atoms with van der Waals surface area (Å²) in [7, 11) is 0. The van der Waals surface area contributed by atoms with E-state index in [9.17, 15) is 14.9 Å². The van der Waals surface area contributed by atoms with Gasteiger partial charge in [-0.1, -0.05) is 12.1 Å². The van der Waals surface area contributed by atoms with Gasteiger partial charge in [0.15, 0.2) is 0 Å². The Balaban J connectivity index is 3.08. The molecule has 0 aliphatic rings. The van der Waals surface area contributed by atoms with Crippen LogP contribution in [0.15, 0.2) is 12.1 Å². The number of nitro benzene ring substituents is 1. The van der Waals surface area contributed by atoms with Crippen LogP contribution in [0.3, 0.4) is 0 Å². The highest BCUT2D eigenvalue weighted by atomic mass is 35.5. The molecule has 5 heteroatoms. The van der Waals surface area contributed by atoms with Gasteiger partial charge in [0.1, 0.15) is 0 Å². The van der Waals surface area contributed by atoms with Crippen LogP contribution in [0.5, 0.6) is 0 Å². The van der Waals surface area contributed by atoms with E-state index in [-0.39, 0.29) is 12.1 Å². The van der Waals surface area contributed by atoms with Crippen molar-refractivity contribution in [2.24, 2.45) is 0 Å². The van der Waals surface area contributed by atoms with Crippen molar-refractivity contribution in [2.45, 2.75) is 26.7 Å². The number of hydrogen-bond donors (Lipinski definition) is 0. The molecular weight excluding hydrogens is 230 g/mol. The molecule has 0 aliphatic heterocycles. The number of nitrogens with zero attached hydrogens (tertiary/aromatic N) is 1. The summed E-state index contributed by atoms with van der Waals surface area (Å²) in [6, 6.07) is 3.50.